The van der Waals surface area contributed by atoms with E-state index in [2.05, 4.69) is 38.5 Å². The van der Waals surface area contributed by atoms with Gasteiger partial charge in [0.1, 0.15) is 12.4 Å². The lowest BCUT2D eigenvalue weighted by Gasteiger charge is -2.11. The molecule has 2 aromatic rings. The third kappa shape index (κ3) is 2.43. The number of hydrogen-bond acceptors (Lipinski definition) is 2. The number of imidazole rings is 1. The minimum Gasteiger partial charge on any atom is -0.487 e. The van der Waals surface area contributed by atoms with Crippen molar-refractivity contribution in [3.63, 3.8) is 0 Å². The Bertz CT molecular complexity index is 561. The van der Waals surface area contributed by atoms with E-state index in [1.165, 1.54) is 12.8 Å². The monoisotopic (exact) mass is 306 g/mol. The molecule has 0 N–H and O–H groups in total. The largest absolute Gasteiger partial charge is 0.487 e. The zero-order chi connectivity index (χ0) is 12.5. The summed E-state index contributed by atoms with van der Waals surface area (Å²) in [5.74, 6) is 0.932. The van der Waals surface area contributed by atoms with Crippen molar-refractivity contribution >= 4 is 15.9 Å². The average Bonchev–Trinajstić information content (AvgIpc) is 3.08. The molecule has 3 nitrogen and oxygen atoms in total. The van der Waals surface area contributed by atoms with Gasteiger partial charge in [-0.15, -0.1) is 0 Å². The number of benzene rings is 1. The molecule has 0 radical (unpaired) electrons. The first-order chi connectivity index (χ1) is 8.74. The van der Waals surface area contributed by atoms with E-state index in [1.807, 2.05) is 24.7 Å². The van der Waals surface area contributed by atoms with Crippen LogP contribution in [0.25, 0.3) is 0 Å². The Morgan fingerprint density at radius 3 is 3.00 bits per heavy atom. The molecule has 0 bridgehead atoms. The van der Waals surface area contributed by atoms with E-state index >= 15 is 0 Å². The molecule has 1 aromatic carbocycles. The smallest absolute Gasteiger partial charge is 0.130 e. The maximum absolute atomic E-state index is 5.87. The average molecular weight is 307 g/mol. The van der Waals surface area contributed by atoms with Crippen LogP contribution in [0, 0.1) is 6.92 Å². The van der Waals surface area contributed by atoms with Crippen molar-refractivity contribution in [2.24, 2.45) is 0 Å². The molecule has 0 spiro atoms. The Balaban J connectivity index is 1.71. The van der Waals surface area contributed by atoms with Gasteiger partial charge in [-0.05, 0) is 43.5 Å². The topological polar surface area (TPSA) is 27.1 Å². The van der Waals surface area contributed by atoms with Crippen LogP contribution in [-0.4, -0.2) is 9.55 Å². The van der Waals surface area contributed by atoms with Gasteiger partial charge in [0, 0.05) is 10.5 Å². The fourth-order valence-corrected chi connectivity index (χ4v) is 2.53. The molecule has 1 saturated carbocycles. The number of aryl methyl sites for hydroxylation is 1. The first kappa shape index (κ1) is 11.8. The van der Waals surface area contributed by atoms with Gasteiger partial charge in [0.05, 0.1) is 18.2 Å². The second kappa shape index (κ2) is 4.76. The van der Waals surface area contributed by atoms with Crippen molar-refractivity contribution in [2.45, 2.75) is 32.4 Å². The van der Waals surface area contributed by atoms with Crippen molar-refractivity contribution in [3.8, 4) is 5.75 Å². The van der Waals surface area contributed by atoms with Gasteiger partial charge in [-0.1, -0.05) is 15.9 Å². The fraction of sp³-hybridized carbons (Fsp3) is 0.357. The molecule has 1 aliphatic carbocycles. The molecule has 0 saturated heterocycles. The summed E-state index contributed by atoms with van der Waals surface area (Å²) in [4.78, 5) is 4.21. The van der Waals surface area contributed by atoms with Gasteiger partial charge in [-0.25, -0.2) is 4.98 Å². The Labute approximate surface area is 115 Å². The molecular weight excluding hydrogens is 292 g/mol. The van der Waals surface area contributed by atoms with Gasteiger partial charge in [0.2, 0.25) is 0 Å². The van der Waals surface area contributed by atoms with E-state index in [4.69, 9.17) is 4.74 Å². The van der Waals surface area contributed by atoms with Crippen LogP contribution >= 0.6 is 15.9 Å². The minimum absolute atomic E-state index is 0.582. The molecular formula is C14H15BrN2O. The summed E-state index contributed by atoms with van der Waals surface area (Å²) < 4.78 is 9.18. The summed E-state index contributed by atoms with van der Waals surface area (Å²) in [5, 5.41) is 0. The van der Waals surface area contributed by atoms with Crippen LogP contribution in [0.4, 0.5) is 0 Å². The number of rotatable bonds is 4. The first-order valence-corrected chi connectivity index (χ1v) is 6.93. The highest BCUT2D eigenvalue weighted by atomic mass is 79.9. The lowest BCUT2D eigenvalue weighted by molar-refractivity contribution is 0.293. The van der Waals surface area contributed by atoms with Gasteiger partial charge in [0.15, 0.2) is 0 Å². The van der Waals surface area contributed by atoms with Crippen molar-refractivity contribution < 1.29 is 4.74 Å². The van der Waals surface area contributed by atoms with Crippen molar-refractivity contribution in [3.05, 3.63) is 46.5 Å². The molecule has 1 heterocycles. The maximum Gasteiger partial charge on any atom is 0.130 e. The highest BCUT2D eigenvalue weighted by Crippen LogP contribution is 2.35. The second-order valence-corrected chi connectivity index (χ2v) is 5.64. The number of halogens is 1. The maximum atomic E-state index is 5.87. The molecule has 0 unspecified atom stereocenters. The van der Waals surface area contributed by atoms with Gasteiger partial charge in [0.25, 0.3) is 0 Å². The predicted octanol–water partition coefficient (Wildman–Crippen LogP) is 3.87. The van der Waals surface area contributed by atoms with Crippen LogP contribution in [0.15, 0.2) is 35.2 Å². The summed E-state index contributed by atoms with van der Waals surface area (Å²) in [6.45, 7) is 2.64. The molecule has 18 heavy (non-hydrogen) atoms. The first-order valence-electron chi connectivity index (χ1n) is 6.13. The van der Waals surface area contributed by atoms with Crippen LogP contribution in [0.2, 0.25) is 0 Å². The molecule has 0 aliphatic heterocycles. The summed E-state index contributed by atoms with van der Waals surface area (Å²) in [6.07, 6.45) is 6.33. The Morgan fingerprint density at radius 2 is 2.28 bits per heavy atom. The van der Waals surface area contributed by atoms with Crippen molar-refractivity contribution in [1.29, 1.82) is 0 Å². The SMILES string of the molecule is Cc1cc(Br)ccc1OCc1cncn1C1CC1. The van der Waals surface area contributed by atoms with Crippen molar-refractivity contribution in [2.75, 3.05) is 0 Å². The van der Waals surface area contributed by atoms with E-state index in [0.717, 1.165) is 21.5 Å². The highest BCUT2D eigenvalue weighted by molar-refractivity contribution is 9.10. The van der Waals surface area contributed by atoms with E-state index in [1.54, 1.807) is 0 Å². The molecule has 1 aliphatic rings. The van der Waals surface area contributed by atoms with E-state index in [9.17, 15) is 0 Å². The number of aromatic nitrogens is 2. The van der Waals surface area contributed by atoms with Crippen molar-refractivity contribution in [1.82, 2.24) is 9.55 Å². The summed E-state index contributed by atoms with van der Waals surface area (Å²) in [7, 11) is 0. The van der Waals surface area contributed by atoms with Crippen LogP contribution in [0.1, 0.15) is 30.1 Å². The van der Waals surface area contributed by atoms with Crippen LogP contribution in [0.5, 0.6) is 5.75 Å². The third-order valence-electron chi connectivity index (χ3n) is 3.20. The summed E-state index contributed by atoms with van der Waals surface area (Å²) >= 11 is 3.46. The number of nitrogens with zero attached hydrogens (tertiary/aromatic N) is 2. The normalized spacial score (nSPS) is 14.8. The highest BCUT2D eigenvalue weighted by Gasteiger charge is 2.25. The van der Waals surface area contributed by atoms with Gasteiger partial charge in [-0.2, -0.15) is 0 Å². The molecule has 1 fully saturated rings. The quantitative estimate of drug-likeness (QED) is 0.857. The van der Waals surface area contributed by atoms with Gasteiger partial charge in [-0.3, -0.25) is 0 Å². The van der Waals surface area contributed by atoms with E-state index in [0.29, 0.717) is 12.6 Å². The number of hydrogen-bond donors (Lipinski definition) is 0. The lowest BCUT2D eigenvalue weighted by Crippen LogP contribution is -2.04. The summed E-state index contributed by atoms with van der Waals surface area (Å²) in [6, 6.07) is 6.71. The molecule has 0 atom stereocenters. The molecule has 4 heteroatoms. The third-order valence-corrected chi connectivity index (χ3v) is 3.69. The Kier molecular flexibility index (Phi) is 3.12. The van der Waals surface area contributed by atoms with E-state index in [-0.39, 0.29) is 0 Å². The minimum atomic E-state index is 0.582. The zero-order valence-electron chi connectivity index (χ0n) is 10.3. The van der Waals surface area contributed by atoms with Gasteiger partial charge >= 0.3 is 0 Å². The zero-order valence-corrected chi connectivity index (χ0v) is 11.9. The Morgan fingerprint density at radius 1 is 1.44 bits per heavy atom. The standard InChI is InChI=1S/C14H15BrN2O/c1-10-6-11(15)2-5-14(10)18-8-13-7-16-9-17(13)12-3-4-12/h2,5-7,9,12H,3-4,8H2,1H3. The molecule has 1 aromatic heterocycles. The summed E-state index contributed by atoms with van der Waals surface area (Å²) in [5.41, 5.74) is 2.29. The Hall–Kier alpha value is -1.29. The predicted molar refractivity (Wildman–Crippen MR) is 73.7 cm³/mol. The van der Waals surface area contributed by atoms with E-state index < -0.39 is 0 Å². The molecule has 94 valence electrons. The van der Waals surface area contributed by atoms with Crippen LogP contribution in [-0.2, 0) is 6.61 Å². The number of ether oxygens (including phenoxy) is 1. The fourth-order valence-electron chi connectivity index (χ4n) is 2.05. The second-order valence-electron chi connectivity index (χ2n) is 4.72. The molecule has 0 amide bonds. The van der Waals surface area contributed by atoms with Gasteiger partial charge < -0.3 is 9.30 Å². The molecule has 3 rings (SSSR count). The lowest BCUT2D eigenvalue weighted by atomic mass is 10.2. The van der Waals surface area contributed by atoms with Crippen LogP contribution < -0.4 is 4.74 Å². The van der Waals surface area contributed by atoms with Crippen LogP contribution in [0.3, 0.4) is 0 Å².